The Morgan fingerprint density at radius 3 is 2.36 bits per heavy atom. The van der Waals surface area contributed by atoms with Crippen LogP contribution in [-0.4, -0.2) is 30.7 Å². The number of carbonyl (C=O) groups excluding carboxylic acids is 1. The number of urea groups is 1. The standard InChI is InChI=1S/C8H14N2O3S/c11-8-9-6-14(12,13)10(8)7-4-2-1-3-5-7/h7H,1-6H2,(H,9,11). The maximum Gasteiger partial charge on any atom is 0.332 e. The molecule has 0 radical (unpaired) electrons. The van der Waals surface area contributed by atoms with E-state index in [2.05, 4.69) is 5.32 Å². The van der Waals surface area contributed by atoms with Gasteiger partial charge in [-0.05, 0) is 12.8 Å². The summed E-state index contributed by atoms with van der Waals surface area (Å²) in [5, 5.41) is 2.36. The SMILES string of the molecule is O=C1NCS(=O)(=O)N1C1CCCCC1. The van der Waals surface area contributed by atoms with Crippen molar-refractivity contribution in [3.8, 4) is 0 Å². The zero-order valence-electron chi connectivity index (χ0n) is 7.90. The van der Waals surface area contributed by atoms with Gasteiger partial charge in [0.05, 0.1) is 0 Å². The highest BCUT2D eigenvalue weighted by Crippen LogP contribution is 2.26. The van der Waals surface area contributed by atoms with Crippen molar-refractivity contribution < 1.29 is 13.2 Å². The van der Waals surface area contributed by atoms with Crippen molar-refractivity contribution in [1.82, 2.24) is 9.62 Å². The quantitative estimate of drug-likeness (QED) is 0.702. The first kappa shape index (κ1) is 9.76. The number of rotatable bonds is 1. The number of hydrogen-bond acceptors (Lipinski definition) is 3. The molecule has 80 valence electrons. The highest BCUT2D eigenvalue weighted by molar-refractivity contribution is 7.90. The average Bonchev–Trinajstić information content (AvgIpc) is 2.42. The maximum absolute atomic E-state index is 11.5. The van der Waals surface area contributed by atoms with E-state index in [0.717, 1.165) is 36.4 Å². The van der Waals surface area contributed by atoms with E-state index in [1.54, 1.807) is 0 Å². The average molecular weight is 218 g/mol. The van der Waals surface area contributed by atoms with Crippen LogP contribution in [0.5, 0.6) is 0 Å². The summed E-state index contributed by atoms with van der Waals surface area (Å²) < 4.78 is 24.1. The summed E-state index contributed by atoms with van der Waals surface area (Å²) in [6.07, 6.45) is 4.80. The number of nitrogens with zero attached hydrogens (tertiary/aromatic N) is 1. The molecular weight excluding hydrogens is 204 g/mol. The van der Waals surface area contributed by atoms with Gasteiger partial charge in [-0.1, -0.05) is 19.3 Å². The Morgan fingerprint density at radius 1 is 1.21 bits per heavy atom. The number of hydrogen-bond donors (Lipinski definition) is 1. The van der Waals surface area contributed by atoms with Gasteiger partial charge in [-0.2, -0.15) is 0 Å². The van der Waals surface area contributed by atoms with E-state index in [9.17, 15) is 13.2 Å². The third kappa shape index (κ3) is 1.58. The van der Waals surface area contributed by atoms with Crippen LogP contribution in [0.3, 0.4) is 0 Å². The molecule has 2 amide bonds. The molecule has 1 heterocycles. The number of sulfonamides is 1. The Morgan fingerprint density at radius 2 is 1.86 bits per heavy atom. The lowest BCUT2D eigenvalue weighted by atomic mass is 9.96. The van der Waals surface area contributed by atoms with E-state index in [1.165, 1.54) is 0 Å². The van der Waals surface area contributed by atoms with Crippen LogP contribution in [0, 0.1) is 0 Å². The number of nitrogens with one attached hydrogen (secondary N) is 1. The minimum atomic E-state index is -3.36. The van der Waals surface area contributed by atoms with Crippen LogP contribution in [0.4, 0.5) is 4.79 Å². The lowest BCUT2D eigenvalue weighted by Crippen LogP contribution is -2.41. The molecule has 0 spiro atoms. The van der Waals surface area contributed by atoms with Crippen molar-refractivity contribution in [2.24, 2.45) is 0 Å². The molecule has 1 N–H and O–H groups in total. The van der Waals surface area contributed by atoms with Crippen molar-refractivity contribution in [3.63, 3.8) is 0 Å². The van der Waals surface area contributed by atoms with Crippen molar-refractivity contribution in [2.75, 3.05) is 5.88 Å². The summed E-state index contributed by atoms with van der Waals surface area (Å²) >= 11 is 0. The lowest BCUT2D eigenvalue weighted by Gasteiger charge is -2.28. The second-order valence-electron chi connectivity index (χ2n) is 3.83. The largest absolute Gasteiger partial charge is 0.332 e. The topological polar surface area (TPSA) is 66.5 Å². The van der Waals surface area contributed by atoms with Gasteiger partial charge in [-0.15, -0.1) is 0 Å². The van der Waals surface area contributed by atoms with E-state index in [0.29, 0.717) is 0 Å². The molecule has 1 saturated carbocycles. The van der Waals surface area contributed by atoms with Gasteiger partial charge in [0.15, 0.2) is 0 Å². The van der Waals surface area contributed by atoms with Crippen molar-refractivity contribution in [3.05, 3.63) is 0 Å². The molecule has 1 saturated heterocycles. The molecule has 2 rings (SSSR count). The predicted molar refractivity (Wildman–Crippen MR) is 51.0 cm³/mol. The van der Waals surface area contributed by atoms with E-state index in [-0.39, 0.29) is 11.9 Å². The first-order valence-corrected chi connectivity index (χ1v) is 6.52. The van der Waals surface area contributed by atoms with Gasteiger partial charge in [0.1, 0.15) is 5.88 Å². The highest BCUT2D eigenvalue weighted by Gasteiger charge is 2.40. The van der Waals surface area contributed by atoms with Gasteiger partial charge in [0.25, 0.3) is 10.0 Å². The van der Waals surface area contributed by atoms with Gasteiger partial charge in [0.2, 0.25) is 0 Å². The molecule has 2 aliphatic rings. The van der Waals surface area contributed by atoms with Crippen LogP contribution < -0.4 is 5.32 Å². The van der Waals surface area contributed by atoms with Gasteiger partial charge >= 0.3 is 6.03 Å². The Balaban J connectivity index is 2.18. The van der Waals surface area contributed by atoms with Crippen molar-refractivity contribution in [2.45, 2.75) is 38.1 Å². The molecule has 0 aromatic carbocycles. The molecule has 2 fully saturated rings. The third-order valence-corrected chi connectivity index (χ3v) is 4.38. The van der Waals surface area contributed by atoms with Crippen LogP contribution in [0.15, 0.2) is 0 Å². The fraction of sp³-hybridized carbons (Fsp3) is 0.875. The van der Waals surface area contributed by atoms with Crippen LogP contribution in [0.2, 0.25) is 0 Å². The van der Waals surface area contributed by atoms with E-state index < -0.39 is 16.1 Å². The number of amides is 2. The minimum Gasteiger partial charge on any atom is -0.321 e. The molecule has 5 nitrogen and oxygen atoms in total. The first-order valence-electron chi connectivity index (χ1n) is 4.91. The monoisotopic (exact) mass is 218 g/mol. The van der Waals surface area contributed by atoms with E-state index in [4.69, 9.17) is 0 Å². The summed E-state index contributed by atoms with van der Waals surface area (Å²) in [6.45, 7) is 0. The predicted octanol–water partition coefficient (Wildman–Crippen LogP) is 0.632. The Kier molecular flexibility index (Phi) is 2.38. The van der Waals surface area contributed by atoms with Gasteiger partial charge in [-0.3, -0.25) is 0 Å². The summed E-state index contributed by atoms with van der Waals surface area (Å²) in [6, 6.07) is -0.548. The fourth-order valence-corrected chi connectivity index (χ4v) is 3.56. The summed E-state index contributed by atoms with van der Waals surface area (Å²) in [5.74, 6) is -0.234. The molecule has 0 aromatic rings. The summed E-state index contributed by atoms with van der Waals surface area (Å²) in [7, 11) is -3.36. The lowest BCUT2D eigenvalue weighted by molar-refractivity contribution is 0.208. The Hall–Kier alpha value is -0.780. The van der Waals surface area contributed by atoms with Crippen molar-refractivity contribution in [1.29, 1.82) is 0 Å². The van der Waals surface area contributed by atoms with E-state index in [1.807, 2.05) is 0 Å². The van der Waals surface area contributed by atoms with Gasteiger partial charge in [-0.25, -0.2) is 17.5 Å². The van der Waals surface area contributed by atoms with Crippen LogP contribution >= 0.6 is 0 Å². The van der Waals surface area contributed by atoms with Crippen LogP contribution in [0.25, 0.3) is 0 Å². The molecule has 6 heteroatoms. The molecule has 0 atom stereocenters. The molecule has 1 aliphatic heterocycles. The third-order valence-electron chi connectivity index (χ3n) is 2.81. The van der Waals surface area contributed by atoms with Crippen LogP contribution in [-0.2, 0) is 10.0 Å². The fourth-order valence-electron chi connectivity index (χ4n) is 2.14. The normalized spacial score (nSPS) is 27.7. The molecular formula is C8H14N2O3S. The smallest absolute Gasteiger partial charge is 0.321 e. The Labute approximate surface area is 83.5 Å². The molecule has 0 aromatic heterocycles. The zero-order chi connectivity index (χ0) is 10.2. The highest BCUT2D eigenvalue weighted by atomic mass is 32.2. The minimum absolute atomic E-state index is 0.101. The van der Waals surface area contributed by atoms with Gasteiger partial charge in [0, 0.05) is 6.04 Å². The second-order valence-corrected chi connectivity index (χ2v) is 5.67. The number of carbonyl (C=O) groups is 1. The summed E-state index contributed by atoms with van der Waals surface area (Å²) in [5.41, 5.74) is 0. The van der Waals surface area contributed by atoms with E-state index >= 15 is 0 Å². The molecule has 0 unspecified atom stereocenters. The van der Waals surface area contributed by atoms with Crippen molar-refractivity contribution >= 4 is 16.1 Å². The van der Waals surface area contributed by atoms with Gasteiger partial charge < -0.3 is 5.32 Å². The van der Waals surface area contributed by atoms with Crippen LogP contribution in [0.1, 0.15) is 32.1 Å². The summed E-state index contributed by atoms with van der Waals surface area (Å²) in [4.78, 5) is 11.3. The molecule has 14 heavy (non-hydrogen) atoms. The second kappa shape index (κ2) is 3.42. The molecule has 0 bridgehead atoms. The Bertz CT molecular complexity index is 332. The first-order chi connectivity index (χ1) is 6.61. The molecule has 1 aliphatic carbocycles. The zero-order valence-corrected chi connectivity index (χ0v) is 8.72. The maximum atomic E-state index is 11.5.